The lowest BCUT2D eigenvalue weighted by atomic mass is 9.97. The summed E-state index contributed by atoms with van der Waals surface area (Å²) in [7, 11) is -5.31. The summed E-state index contributed by atoms with van der Waals surface area (Å²) in [5.74, 6) is -2.45. The molecular weight excluding hydrogens is 346 g/mol. The van der Waals surface area contributed by atoms with Gasteiger partial charge in [0.1, 0.15) is 0 Å². The second-order valence-corrected chi connectivity index (χ2v) is 6.70. The Morgan fingerprint density at radius 2 is 1.25 bits per heavy atom. The van der Waals surface area contributed by atoms with Gasteiger partial charge in [-0.05, 0) is 11.1 Å². The number of carbonyl (C=O) groups is 1. The van der Waals surface area contributed by atoms with E-state index in [0.717, 1.165) is 0 Å². The van der Waals surface area contributed by atoms with Crippen LogP contribution in [0.1, 0.15) is 11.1 Å². The first-order chi connectivity index (χ1) is 11.1. The van der Waals surface area contributed by atoms with Gasteiger partial charge in [0.25, 0.3) is 0 Å². The first-order valence-corrected chi connectivity index (χ1v) is 8.26. The van der Waals surface area contributed by atoms with Crippen molar-refractivity contribution in [1.29, 1.82) is 0 Å². The fourth-order valence-electron chi connectivity index (χ4n) is 2.31. The molecule has 2 rings (SSSR count). The Hall–Kier alpha value is -2.15. The Morgan fingerprint density at radius 3 is 1.54 bits per heavy atom. The molecule has 2 aromatic rings. The van der Waals surface area contributed by atoms with Crippen LogP contribution in [-0.4, -0.2) is 21.9 Å². The van der Waals surface area contributed by atoms with Crippen LogP contribution in [0.3, 0.4) is 0 Å². The normalized spacial score (nSPS) is 12.7. The Kier molecular flexibility index (Phi) is 4.85. The fourth-order valence-corrected chi connectivity index (χ4v) is 3.53. The van der Waals surface area contributed by atoms with E-state index in [2.05, 4.69) is 0 Å². The Balaban J connectivity index is 2.76. The standard InChI is InChI=1S/C15H13F3NO4P/c16-15(17,18)13(20)19-14(24(21,22)23,11-7-3-1-4-8-11)12-9-5-2-6-10-12/h1-10H,(H,19,20)(H2,21,22,23). The van der Waals surface area contributed by atoms with Gasteiger partial charge in [-0.3, -0.25) is 9.36 Å². The third-order valence-electron chi connectivity index (χ3n) is 3.37. The van der Waals surface area contributed by atoms with Gasteiger partial charge in [-0.25, -0.2) is 0 Å². The van der Waals surface area contributed by atoms with Crippen molar-refractivity contribution in [2.24, 2.45) is 0 Å². The predicted molar refractivity (Wildman–Crippen MR) is 79.9 cm³/mol. The van der Waals surface area contributed by atoms with E-state index in [1.165, 1.54) is 66.0 Å². The van der Waals surface area contributed by atoms with E-state index in [4.69, 9.17) is 0 Å². The lowest BCUT2D eigenvalue weighted by Crippen LogP contribution is -2.51. The summed E-state index contributed by atoms with van der Waals surface area (Å²) in [6, 6.07) is 13.6. The van der Waals surface area contributed by atoms with Gasteiger partial charge in [-0.2, -0.15) is 13.2 Å². The highest BCUT2D eigenvalue weighted by Crippen LogP contribution is 2.59. The predicted octanol–water partition coefficient (Wildman–Crippen LogP) is 2.74. The zero-order valence-corrected chi connectivity index (χ0v) is 13.0. The van der Waals surface area contributed by atoms with Gasteiger partial charge in [0, 0.05) is 0 Å². The van der Waals surface area contributed by atoms with Crippen LogP contribution in [0, 0.1) is 0 Å². The van der Waals surface area contributed by atoms with Crippen LogP contribution in [0.25, 0.3) is 0 Å². The number of halogens is 3. The number of benzene rings is 2. The average Bonchev–Trinajstić information content (AvgIpc) is 2.52. The second kappa shape index (κ2) is 6.39. The minimum absolute atomic E-state index is 0.165. The summed E-state index contributed by atoms with van der Waals surface area (Å²) in [4.78, 5) is 31.3. The summed E-state index contributed by atoms with van der Waals surface area (Å²) in [6.07, 6.45) is -5.30. The molecule has 1 amide bonds. The first-order valence-electron chi connectivity index (χ1n) is 6.65. The number of carbonyl (C=O) groups excluding carboxylic acids is 1. The van der Waals surface area contributed by atoms with Crippen molar-refractivity contribution in [3.63, 3.8) is 0 Å². The van der Waals surface area contributed by atoms with Crippen LogP contribution in [0.5, 0.6) is 0 Å². The molecule has 0 spiro atoms. The van der Waals surface area contributed by atoms with Crippen molar-refractivity contribution >= 4 is 13.5 Å². The summed E-state index contributed by atoms with van der Waals surface area (Å²) in [5.41, 5.74) is -0.329. The molecular formula is C15H13F3NO4P. The number of hydrogen-bond donors (Lipinski definition) is 3. The van der Waals surface area contributed by atoms with Gasteiger partial charge in [-0.1, -0.05) is 60.7 Å². The molecule has 0 bridgehead atoms. The van der Waals surface area contributed by atoms with Crippen molar-refractivity contribution in [1.82, 2.24) is 5.32 Å². The summed E-state index contributed by atoms with van der Waals surface area (Å²) < 4.78 is 50.4. The van der Waals surface area contributed by atoms with Crippen molar-refractivity contribution in [3.05, 3.63) is 71.8 Å². The van der Waals surface area contributed by atoms with Gasteiger partial charge in [0.05, 0.1) is 0 Å². The third-order valence-corrected chi connectivity index (χ3v) is 4.87. The molecule has 0 saturated carbocycles. The maximum Gasteiger partial charge on any atom is 0.471 e. The smallest absolute Gasteiger partial charge is 0.324 e. The third kappa shape index (κ3) is 3.36. The Morgan fingerprint density at radius 1 is 0.875 bits per heavy atom. The summed E-state index contributed by atoms with van der Waals surface area (Å²) >= 11 is 0. The zero-order valence-electron chi connectivity index (χ0n) is 12.1. The minimum Gasteiger partial charge on any atom is -0.324 e. The van der Waals surface area contributed by atoms with E-state index < -0.39 is 25.0 Å². The molecule has 5 nitrogen and oxygen atoms in total. The monoisotopic (exact) mass is 359 g/mol. The quantitative estimate of drug-likeness (QED) is 0.733. The highest BCUT2D eigenvalue weighted by atomic mass is 31.2. The maximum absolute atomic E-state index is 12.7. The number of nitrogens with one attached hydrogen (secondary N) is 1. The van der Waals surface area contributed by atoms with Gasteiger partial charge in [0.15, 0.2) is 5.28 Å². The Bertz CT molecular complexity index is 720. The van der Waals surface area contributed by atoms with Gasteiger partial charge in [0.2, 0.25) is 0 Å². The van der Waals surface area contributed by atoms with Crippen LogP contribution in [-0.2, 0) is 14.6 Å². The van der Waals surface area contributed by atoms with E-state index in [1.54, 1.807) is 0 Å². The van der Waals surface area contributed by atoms with Crippen LogP contribution < -0.4 is 5.32 Å². The van der Waals surface area contributed by atoms with Gasteiger partial charge >= 0.3 is 19.7 Å². The highest BCUT2D eigenvalue weighted by Gasteiger charge is 2.55. The SMILES string of the molecule is O=C(NC(c1ccccc1)(c1ccccc1)P(=O)(O)O)C(F)(F)F. The van der Waals surface area contributed by atoms with E-state index >= 15 is 0 Å². The molecule has 0 aliphatic carbocycles. The number of rotatable bonds is 4. The largest absolute Gasteiger partial charge is 0.471 e. The van der Waals surface area contributed by atoms with E-state index in [1.807, 2.05) is 0 Å². The number of amides is 1. The molecule has 0 radical (unpaired) electrons. The second-order valence-electron chi connectivity index (χ2n) is 4.94. The topological polar surface area (TPSA) is 86.6 Å². The van der Waals surface area contributed by atoms with E-state index in [-0.39, 0.29) is 11.1 Å². The Labute approximate surface area is 135 Å². The first kappa shape index (κ1) is 18.2. The van der Waals surface area contributed by atoms with Crippen LogP contribution in [0.2, 0.25) is 0 Å². The number of hydrogen-bond acceptors (Lipinski definition) is 2. The molecule has 3 N–H and O–H groups in total. The molecule has 0 fully saturated rings. The van der Waals surface area contributed by atoms with Crippen molar-refractivity contribution < 1.29 is 32.3 Å². The summed E-state index contributed by atoms with van der Waals surface area (Å²) in [6.45, 7) is 0. The van der Waals surface area contributed by atoms with E-state index in [0.29, 0.717) is 0 Å². The number of alkyl halides is 3. The molecule has 0 heterocycles. The van der Waals surface area contributed by atoms with Crippen LogP contribution in [0.15, 0.2) is 60.7 Å². The lowest BCUT2D eigenvalue weighted by molar-refractivity contribution is -0.174. The molecule has 128 valence electrons. The molecule has 2 aromatic carbocycles. The van der Waals surface area contributed by atoms with E-state index in [9.17, 15) is 32.3 Å². The molecule has 9 heteroatoms. The minimum atomic E-state index is -5.31. The van der Waals surface area contributed by atoms with Gasteiger partial charge in [-0.15, -0.1) is 0 Å². The van der Waals surface area contributed by atoms with Crippen LogP contribution in [0.4, 0.5) is 13.2 Å². The maximum atomic E-state index is 12.7. The molecule has 0 atom stereocenters. The highest BCUT2D eigenvalue weighted by molar-refractivity contribution is 7.53. The molecule has 0 aliphatic rings. The fraction of sp³-hybridized carbons (Fsp3) is 0.133. The van der Waals surface area contributed by atoms with Gasteiger partial charge < -0.3 is 15.1 Å². The van der Waals surface area contributed by atoms with Crippen molar-refractivity contribution in [2.45, 2.75) is 11.5 Å². The molecule has 0 aromatic heterocycles. The zero-order chi connectivity index (χ0) is 18.0. The van der Waals surface area contributed by atoms with Crippen LogP contribution >= 0.6 is 7.60 Å². The summed E-state index contributed by atoms with van der Waals surface area (Å²) in [5, 5.41) is -1.13. The molecule has 0 saturated heterocycles. The van der Waals surface area contributed by atoms with Crippen molar-refractivity contribution in [3.8, 4) is 0 Å². The lowest BCUT2D eigenvalue weighted by Gasteiger charge is -2.36. The molecule has 0 aliphatic heterocycles. The average molecular weight is 359 g/mol. The molecule has 24 heavy (non-hydrogen) atoms. The molecule has 0 unspecified atom stereocenters. The van der Waals surface area contributed by atoms with Crippen molar-refractivity contribution in [2.75, 3.05) is 0 Å².